The van der Waals surface area contributed by atoms with Gasteiger partial charge in [-0.2, -0.15) is 0 Å². The molecule has 0 spiro atoms. The molecule has 0 unspecified atom stereocenters. The number of benzene rings is 1. The molecule has 0 atom stereocenters. The van der Waals surface area contributed by atoms with Crippen LogP contribution in [0.4, 0.5) is 4.79 Å². The van der Waals surface area contributed by atoms with Gasteiger partial charge in [0.1, 0.15) is 5.01 Å². The van der Waals surface area contributed by atoms with Crippen molar-refractivity contribution in [1.82, 2.24) is 15.2 Å². The number of amides is 2. The van der Waals surface area contributed by atoms with E-state index in [9.17, 15) is 4.79 Å². The molecule has 0 saturated heterocycles. The van der Waals surface area contributed by atoms with Gasteiger partial charge in [0.2, 0.25) is 0 Å². The second-order valence-corrected chi connectivity index (χ2v) is 5.91. The van der Waals surface area contributed by atoms with E-state index in [4.69, 9.17) is 0 Å². The Morgan fingerprint density at radius 2 is 2.15 bits per heavy atom. The number of aromatic nitrogens is 1. The van der Waals surface area contributed by atoms with Crippen molar-refractivity contribution >= 4 is 17.4 Å². The summed E-state index contributed by atoms with van der Waals surface area (Å²) in [5.41, 5.74) is 1.12. The molecule has 4 nitrogen and oxygen atoms in total. The molecular formula is C15H17N3OS. The Kier molecular flexibility index (Phi) is 3.97. The maximum Gasteiger partial charge on any atom is 0.318 e. The highest BCUT2D eigenvalue weighted by atomic mass is 32.1. The van der Waals surface area contributed by atoms with Crippen molar-refractivity contribution in [3.63, 3.8) is 0 Å². The van der Waals surface area contributed by atoms with Crippen molar-refractivity contribution in [2.24, 2.45) is 0 Å². The van der Waals surface area contributed by atoms with E-state index in [0.29, 0.717) is 19.1 Å². The molecule has 1 aromatic heterocycles. The summed E-state index contributed by atoms with van der Waals surface area (Å²) in [6, 6.07) is 10.4. The summed E-state index contributed by atoms with van der Waals surface area (Å²) in [6.45, 7) is 1.18. The van der Waals surface area contributed by atoms with Crippen molar-refractivity contribution in [2.75, 3.05) is 0 Å². The zero-order valence-corrected chi connectivity index (χ0v) is 12.0. The second kappa shape index (κ2) is 6.05. The van der Waals surface area contributed by atoms with Crippen molar-refractivity contribution in [3.05, 3.63) is 52.5 Å². The molecule has 1 saturated carbocycles. The number of thiazole rings is 1. The Balaban J connectivity index is 1.58. The standard InChI is InChI=1S/C15H17N3OS/c19-15(17-10-12-4-2-1-3-5-12)18(13-6-7-13)11-14-16-8-9-20-14/h1-5,8-9,13H,6-7,10-11H2,(H,17,19). The molecule has 0 bridgehead atoms. The van der Waals surface area contributed by atoms with Gasteiger partial charge < -0.3 is 10.2 Å². The number of hydrogen-bond donors (Lipinski definition) is 1. The summed E-state index contributed by atoms with van der Waals surface area (Å²) in [4.78, 5) is 18.5. The summed E-state index contributed by atoms with van der Waals surface area (Å²) in [6.07, 6.45) is 3.99. The van der Waals surface area contributed by atoms with Crippen molar-refractivity contribution in [2.45, 2.75) is 32.0 Å². The van der Waals surface area contributed by atoms with Crippen LogP contribution in [0.5, 0.6) is 0 Å². The van der Waals surface area contributed by atoms with Gasteiger partial charge in [-0.25, -0.2) is 9.78 Å². The first-order chi connectivity index (χ1) is 9.83. The van der Waals surface area contributed by atoms with E-state index < -0.39 is 0 Å². The quantitative estimate of drug-likeness (QED) is 0.918. The Bertz CT molecular complexity index is 552. The van der Waals surface area contributed by atoms with Crippen LogP contribution in [0, 0.1) is 0 Å². The fourth-order valence-corrected chi connectivity index (χ4v) is 2.72. The van der Waals surface area contributed by atoms with Gasteiger partial charge in [0, 0.05) is 24.2 Å². The van der Waals surface area contributed by atoms with Gasteiger partial charge in [-0.15, -0.1) is 11.3 Å². The summed E-state index contributed by atoms with van der Waals surface area (Å²) in [5.74, 6) is 0. The molecule has 2 amide bonds. The number of carbonyl (C=O) groups excluding carboxylic acids is 1. The molecular weight excluding hydrogens is 270 g/mol. The topological polar surface area (TPSA) is 45.2 Å². The Hall–Kier alpha value is -1.88. The normalized spacial score (nSPS) is 14.0. The molecule has 20 heavy (non-hydrogen) atoms. The lowest BCUT2D eigenvalue weighted by molar-refractivity contribution is 0.191. The van der Waals surface area contributed by atoms with E-state index in [1.807, 2.05) is 40.6 Å². The monoisotopic (exact) mass is 287 g/mol. The SMILES string of the molecule is O=C(NCc1ccccc1)N(Cc1nccs1)C1CC1. The average Bonchev–Trinajstić information content (AvgIpc) is 3.20. The van der Waals surface area contributed by atoms with E-state index in [2.05, 4.69) is 10.3 Å². The molecule has 1 N–H and O–H groups in total. The number of nitrogens with zero attached hydrogens (tertiary/aromatic N) is 2. The number of carbonyl (C=O) groups is 1. The lowest BCUT2D eigenvalue weighted by atomic mass is 10.2. The maximum absolute atomic E-state index is 12.3. The van der Waals surface area contributed by atoms with Crippen LogP contribution in [0.1, 0.15) is 23.4 Å². The fourth-order valence-electron chi connectivity index (χ4n) is 2.10. The molecule has 1 fully saturated rings. The predicted octanol–water partition coefficient (Wildman–Crippen LogP) is 3.02. The summed E-state index contributed by atoms with van der Waals surface area (Å²) in [5, 5.41) is 5.94. The van der Waals surface area contributed by atoms with Crippen LogP contribution in [-0.2, 0) is 13.1 Å². The third kappa shape index (κ3) is 3.36. The molecule has 0 aliphatic heterocycles. The predicted molar refractivity (Wildman–Crippen MR) is 79.4 cm³/mol. The van der Waals surface area contributed by atoms with Gasteiger partial charge in [-0.1, -0.05) is 30.3 Å². The maximum atomic E-state index is 12.3. The van der Waals surface area contributed by atoms with Crippen LogP contribution >= 0.6 is 11.3 Å². The van der Waals surface area contributed by atoms with E-state index in [-0.39, 0.29) is 6.03 Å². The van der Waals surface area contributed by atoms with Crippen molar-refractivity contribution in [3.8, 4) is 0 Å². The van der Waals surface area contributed by atoms with E-state index in [1.54, 1.807) is 17.5 Å². The second-order valence-electron chi connectivity index (χ2n) is 4.93. The van der Waals surface area contributed by atoms with Gasteiger partial charge in [0.05, 0.1) is 6.54 Å². The average molecular weight is 287 g/mol. The summed E-state index contributed by atoms with van der Waals surface area (Å²) in [7, 11) is 0. The van der Waals surface area contributed by atoms with E-state index in [0.717, 1.165) is 23.4 Å². The first-order valence-corrected chi connectivity index (χ1v) is 7.67. The number of nitrogens with one attached hydrogen (secondary N) is 1. The van der Waals surface area contributed by atoms with Crippen LogP contribution in [0.15, 0.2) is 41.9 Å². The highest BCUT2D eigenvalue weighted by molar-refractivity contribution is 7.09. The van der Waals surface area contributed by atoms with Gasteiger partial charge in [0.15, 0.2) is 0 Å². The first kappa shape index (κ1) is 13.1. The lowest BCUT2D eigenvalue weighted by Crippen LogP contribution is -2.40. The lowest BCUT2D eigenvalue weighted by Gasteiger charge is -2.21. The molecule has 1 aromatic carbocycles. The van der Waals surface area contributed by atoms with Gasteiger partial charge >= 0.3 is 6.03 Å². The number of urea groups is 1. The zero-order chi connectivity index (χ0) is 13.8. The molecule has 5 heteroatoms. The highest BCUT2D eigenvalue weighted by Crippen LogP contribution is 2.28. The van der Waals surface area contributed by atoms with Gasteiger partial charge in [-0.05, 0) is 18.4 Å². The van der Waals surface area contributed by atoms with Gasteiger partial charge in [0.25, 0.3) is 0 Å². The Morgan fingerprint density at radius 3 is 2.80 bits per heavy atom. The molecule has 1 aliphatic rings. The smallest absolute Gasteiger partial charge is 0.318 e. The van der Waals surface area contributed by atoms with Crippen LogP contribution in [0.25, 0.3) is 0 Å². The van der Waals surface area contributed by atoms with Crippen molar-refractivity contribution in [1.29, 1.82) is 0 Å². The molecule has 2 aromatic rings. The van der Waals surface area contributed by atoms with Crippen LogP contribution < -0.4 is 5.32 Å². The van der Waals surface area contributed by atoms with Crippen LogP contribution in [0.2, 0.25) is 0 Å². The molecule has 1 heterocycles. The van der Waals surface area contributed by atoms with E-state index >= 15 is 0 Å². The number of rotatable bonds is 5. The Morgan fingerprint density at radius 1 is 1.35 bits per heavy atom. The third-order valence-electron chi connectivity index (χ3n) is 3.32. The molecule has 0 radical (unpaired) electrons. The summed E-state index contributed by atoms with van der Waals surface area (Å²) >= 11 is 1.60. The highest BCUT2D eigenvalue weighted by Gasteiger charge is 2.32. The third-order valence-corrected chi connectivity index (χ3v) is 4.09. The number of hydrogen-bond acceptors (Lipinski definition) is 3. The van der Waals surface area contributed by atoms with Crippen LogP contribution in [-0.4, -0.2) is 22.0 Å². The van der Waals surface area contributed by atoms with Gasteiger partial charge in [-0.3, -0.25) is 0 Å². The Labute approximate surface area is 122 Å². The minimum atomic E-state index is 0.00607. The molecule has 104 valence electrons. The van der Waals surface area contributed by atoms with Crippen molar-refractivity contribution < 1.29 is 4.79 Å². The molecule has 3 rings (SSSR count). The van der Waals surface area contributed by atoms with Crippen LogP contribution in [0.3, 0.4) is 0 Å². The fraction of sp³-hybridized carbons (Fsp3) is 0.333. The zero-order valence-electron chi connectivity index (χ0n) is 11.2. The minimum absolute atomic E-state index is 0.00607. The molecule has 1 aliphatic carbocycles. The first-order valence-electron chi connectivity index (χ1n) is 6.79. The summed E-state index contributed by atoms with van der Waals surface area (Å²) < 4.78 is 0. The van der Waals surface area contributed by atoms with E-state index in [1.165, 1.54) is 0 Å². The largest absolute Gasteiger partial charge is 0.334 e. The minimum Gasteiger partial charge on any atom is -0.334 e.